The monoisotopic (exact) mass is 125 g/mol. The predicted octanol–water partition coefficient (Wildman–Crippen LogP) is 1.56. The van der Waals surface area contributed by atoms with E-state index in [2.05, 4.69) is 18.8 Å². The Bertz CT molecular complexity index is 101. The van der Waals surface area contributed by atoms with Crippen molar-refractivity contribution in [3.63, 3.8) is 0 Å². The van der Waals surface area contributed by atoms with Crippen LogP contribution < -0.4 is 5.32 Å². The second kappa shape index (κ2) is 3.02. The van der Waals surface area contributed by atoms with Crippen molar-refractivity contribution in [1.82, 2.24) is 5.32 Å². The van der Waals surface area contributed by atoms with E-state index < -0.39 is 0 Å². The summed E-state index contributed by atoms with van der Waals surface area (Å²) in [5.74, 6) is 0.749. The molecule has 0 aromatic heterocycles. The maximum atomic E-state index is 3.94. The molecule has 9 heavy (non-hydrogen) atoms. The van der Waals surface area contributed by atoms with Crippen molar-refractivity contribution in [2.75, 3.05) is 13.1 Å². The van der Waals surface area contributed by atoms with Crippen LogP contribution >= 0.6 is 0 Å². The quantitative estimate of drug-likeness (QED) is 0.524. The van der Waals surface area contributed by atoms with E-state index in [4.69, 9.17) is 0 Å². The van der Waals surface area contributed by atoms with Crippen LogP contribution in [0.3, 0.4) is 0 Å². The van der Waals surface area contributed by atoms with Gasteiger partial charge in [-0.05, 0) is 32.2 Å². The second-order valence-electron chi connectivity index (χ2n) is 2.89. The maximum absolute atomic E-state index is 3.94. The summed E-state index contributed by atoms with van der Waals surface area (Å²) in [6.45, 7) is 8.41. The van der Waals surface area contributed by atoms with E-state index in [0.29, 0.717) is 0 Å². The van der Waals surface area contributed by atoms with Crippen LogP contribution in [0, 0.1) is 5.92 Å². The van der Waals surface area contributed by atoms with E-state index in [0.717, 1.165) is 12.5 Å². The molecule has 1 atom stereocenters. The summed E-state index contributed by atoms with van der Waals surface area (Å²) in [7, 11) is 0. The summed E-state index contributed by atoms with van der Waals surface area (Å²) >= 11 is 0. The Labute approximate surface area is 57.1 Å². The Kier molecular flexibility index (Phi) is 2.29. The first kappa shape index (κ1) is 6.81. The topological polar surface area (TPSA) is 12.0 Å². The molecular formula is C8H15N. The van der Waals surface area contributed by atoms with Crippen LogP contribution in [0.2, 0.25) is 0 Å². The molecule has 0 bridgehead atoms. The first-order chi connectivity index (χ1) is 4.30. The van der Waals surface area contributed by atoms with Crippen LogP contribution in [0.5, 0.6) is 0 Å². The Hall–Kier alpha value is -0.300. The first-order valence-corrected chi connectivity index (χ1v) is 3.67. The zero-order valence-corrected chi connectivity index (χ0v) is 6.11. The van der Waals surface area contributed by atoms with E-state index in [1.807, 2.05) is 0 Å². The summed E-state index contributed by atoms with van der Waals surface area (Å²) in [5, 5.41) is 3.36. The summed E-state index contributed by atoms with van der Waals surface area (Å²) in [4.78, 5) is 0. The highest BCUT2D eigenvalue weighted by atomic mass is 14.9. The van der Waals surface area contributed by atoms with Crippen LogP contribution in [0.25, 0.3) is 0 Å². The normalized spacial score (nSPS) is 27.9. The molecule has 0 unspecified atom stereocenters. The van der Waals surface area contributed by atoms with Crippen LogP contribution in [0.4, 0.5) is 0 Å². The molecule has 1 N–H and O–H groups in total. The molecule has 0 aliphatic carbocycles. The molecule has 0 radical (unpaired) electrons. The minimum Gasteiger partial charge on any atom is -0.316 e. The number of piperidine rings is 1. The van der Waals surface area contributed by atoms with Gasteiger partial charge in [0.05, 0.1) is 0 Å². The van der Waals surface area contributed by atoms with Crippen LogP contribution in [-0.4, -0.2) is 13.1 Å². The fourth-order valence-electron chi connectivity index (χ4n) is 1.27. The van der Waals surface area contributed by atoms with Crippen LogP contribution in [-0.2, 0) is 0 Å². The number of hydrogen-bond donors (Lipinski definition) is 1. The molecule has 1 aliphatic rings. The Morgan fingerprint density at radius 2 is 2.44 bits per heavy atom. The lowest BCUT2D eigenvalue weighted by atomic mass is 9.94. The Balaban J connectivity index is 2.31. The number of nitrogens with one attached hydrogen (secondary N) is 1. The maximum Gasteiger partial charge on any atom is 0.00166 e. The number of hydrogen-bond acceptors (Lipinski definition) is 1. The minimum absolute atomic E-state index is 0.749. The fraction of sp³-hybridized carbons (Fsp3) is 0.750. The van der Waals surface area contributed by atoms with Gasteiger partial charge in [-0.1, -0.05) is 12.2 Å². The van der Waals surface area contributed by atoms with Gasteiger partial charge in [0.25, 0.3) is 0 Å². The lowest BCUT2D eigenvalue weighted by Gasteiger charge is -2.22. The largest absolute Gasteiger partial charge is 0.316 e. The third kappa shape index (κ3) is 1.83. The fourth-order valence-corrected chi connectivity index (χ4v) is 1.27. The average Bonchev–Trinajstić information content (AvgIpc) is 1.90. The van der Waals surface area contributed by atoms with E-state index >= 15 is 0 Å². The zero-order chi connectivity index (χ0) is 6.69. The smallest absolute Gasteiger partial charge is 0.00166 e. The molecule has 1 aliphatic heterocycles. The highest BCUT2D eigenvalue weighted by molar-refractivity contribution is 4.98. The molecule has 0 aromatic carbocycles. The highest BCUT2D eigenvalue weighted by Crippen LogP contribution is 2.16. The molecule has 1 saturated heterocycles. The van der Waals surface area contributed by atoms with Gasteiger partial charge in [-0.3, -0.25) is 0 Å². The molecule has 0 saturated carbocycles. The standard InChI is InChI=1S/C8H15N/c1-7(2)8-4-3-5-9-6-8/h8-9H,1,3-6H2,2H3/t8-/m0/s1. The van der Waals surface area contributed by atoms with E-state index in [-0.39, 0.29) is 0 Å². The molecular weight excluding hydrogens is 110 g/mol. The van der Waals surface area contributed by atoms with Gasteiger partial charge in [0, 0.05) is 6.54 Å². The van der Waals surface area contributed by atoms with Crippen molar-refractivity contribution in [2.24, 2.45) is 5.92 Å². The van der Waals surface area contributed by atoms with Crippen molar-refractivity contribution >= 4 is 0 Å². The van der Waals surface area contributed by atoms with Crippen molar-refractivity contribution in [3.05, 3.63) is 12.2 Å². The summed E-state index contributed by atoms with van der Waals surface area (Å²) in [6, 6.07) is 0. The summed E-state index contributed by atoms with van der Waals surface area (Å²) in [6.07, 6.45) is 2.65. The van der Waals surface area contributed by atoms with E-state index in [1.54, 1.807) is 0 Å². The Morgan fingerprint density at radius 3 is 2.78 bits per heavy atom. The predicted molar refractivity (Wildman–Crippen MR) is 40.4 cm³/mol. The van der Waals surface area contributed by atoms with Gasteiger partial charge in [0.15, 0.2) is 0 Å². The molecule has 52 valence electrons. The lowest BCUT2D eigenvalue weighted by molar-refractivity contribution is 0.423. The molecule has 1 heteroatoms. The summed E-state index contributed by atoms with van der Waals surface area (Å²) in [5.41, 5.74) is 1.34. The third-order valence-corrected chi connectivity index (χ3v) is 1.99. The van der Waals surface area contributed by atoms with Gasteiger partial charge >= 0.3 is 0 Å². The minimum atomic E-state index is 0.749. The van der Waals surface area contributed by atoms with Gasteiger partial charge in [-0.15, -0.1) is 0 Å². The van der Waals surface area contributed by atoms with Crippen molar-refractivity contribution in [3.8, 4) is 0 Å². The van der Waals surface area contributed by atoms with Crippen LogP contribution in [0.1, 0.15) is 19.8 Å². The molecule has 1 fully saturated rings. The van der Waals surface area contributed by atoms with Gasteiger partial charge < -0.3 is 5.32 Å². The summed E-state index contributed by atoms with van der Waals surface area (Å²) < 4.78 is 0. The lowest BCUT2D eigenvalue weighted by Crippen LogP contribution is -2.29. The van der Waals surface area contributed by atoms with Gasteiger partial charge in [-0.25, -0.2) is 0 Å². The SMILES string of the molecule is C=C(C)[C@H]1CCCNC1. The van der Waals surface area contributed by atoms with Gasteiger partial charge in [0.2, 0.25) is 0 Å². The van der Waals surface area contributed by atoms with Gasteiger partial charge in [0.1, 0.15) is 0 Å². The second-order valence-corrected chi connectivity index (χ2v) is 2.89. The molecule has 1 nitrogen and oxygen atoms in total. The average molecular weight is 125 g/mol. The van der Waals surface area contributed by atoms with E-state index in [9.17, 15) is 0 Å². The highest BCUT2D eigenvalue weighted by Gasteiger charge is 2.11. The zero-order valence-electron chi connectivity index (χ0n) is 6.11. The number of rotatable bonds is 1. The van der Waals surface area contributed by atoms with Crippen LogP contribution in [0.15, 0.2) is 12.2 Å². The Morgan fingerprint density at radius 1 is 1.67 bits per heavy atom. The molecule has 1 heterocycles. The molecule has 0 amide bonds. The van der Waals surface area contributed by atoms with Gasteiger partial charge in [-0.2, -0.15) is 0 Å². The van der Waals surface area contributed by atoms with Crippen molar-refractivity contribution < 1.29 is 0 Å². The van der Waals surface area contributed by atoms with E-state index in [1.165, 1.54) is 25.0 Å². The van der Waals surface area contributed by atoms with Crippen molar-refractivity contribution in [1.29, 1.82) is 0 Å². The first-order valence-electron chi connectivity index (χ1n) is 3.67. The molecule has 0 aromatic rings. The molecule has 0 spiro atoms. The third-order valence-electron chi connectivity index (χ3n) is 1.99. The molecule has 1 rings (SSSR count). The van der Waals surface area contributed by atoms with Crippen molar-refractivity contribution in [2.45, 2.75) is 19.8 Å².